The molecule has 3 rings (SSSR count). The van der Waals surface area contributed by atoms with Gasteiger partial charge in [-0.3, -0.25) is 14.6 Å². The Morgan fingerprint density at radius 1 is 1.05 bits per heavy atom. The number of rotatable bonds is 4. The topological polar surface area (TPSA) is 84.0 Å². The summed E-state index contributed by atoms with van der Waals surface area (Å²) in [6.07, 6.45) is 5.08. The van der Waals surface area contributed by atoms with Crippen LogP contribution in [0.15, 0.2) is 36.7 Å². The molecule has 1 aliphatic carbocycles. The minimum atomic E-state index is -0.331. The average molecular weight is 296 g/mol. The Morgan fingerprint density at radius 2 is 1.77 bits per heavy atom. The van der Waals surface area contributed by atoms with E-state index in [-0.39, 0.29) is 17.5 Å². The van der Waals surface area contributed by atoms with Crippen LogP contribution in [0.5, 0.6) is 0 Å². The van der Waals surface area contributed by atoms with Crippen LogP contribution in [0.2, 0.25) is 0 Å². The van der Waals surface area contributed by atoms with Crippen LogP contribution in [0.25, 0.3) is 0 Å². The lowest BCUT2D eigenvalue weighted by Crippen LogP contribution is -2.25. The first-order chi connectivity index (χ1) is 10.6. The van der Waals surface area contributed by atoms with Crippen molar-refractivity contribution in [1.29, 1.82) is 0 Å². The molecule has 22 heavy (non-hydrogen) atoms. The quantitative estimate of drug-likeness (QED) is 0.903. The van der Waals surface area contributed by atoms with E-state index in [1.807, 2.05) is 0 Å². The van der Waals surface area contributed by atoms with Gasteiger partial charge in [-0.25, -0.2) is 4.98 Å². The molecule has 1 saturated carbocycles. The zero-order valence-corrected chi connectivity index (χ0v) is 12.2. The molecule has 1 heterocycles. The molecule has 112 valence electrons. The van der Waals surface area contributed by atoms with Gasteiger partial charge in [-0.15, -0.1) is 0 Å². The third kappa shape index (κ3) is 3.46. The maximum absolute atomic E-state index is 12.0. The number of hydrogen-bond acceptors (Lipinski definition) is 4. The van der Waals surface area contributed by atoms with E-state index >= 15 is 0 Å². The summed E-state index contributed by atoms with van der Waals surface area (Å²) in [5.74, 6) is -0.410. The van der Waals surface area contributed by atoms with Crippen LogP contribution in [0.1, 0.15) is 39.4 Å². The summed E-state index contributed by atoms with van der Waals surface area (Å²) >= 11 is 0. The van der Waals surface area contributed by atoms with Gasteiger partial charge in [-0.05, 0) is 44.0 Å². The molecule has 6 nitrogen and oxygen atoms in total. The van der Waals surface area contributed by atoms with Crippen molar-refractivity contribution in [3.8, 4) is 0 Å². The highest BCUT2D eigenvalue weighted by atomic mass is 16.2. The Balaban J connectivity index is 1.63. The first kappa shape index (κ1) is 14.2. The normalized spacial score (nSPS) is 13.5. The SMILES string of the molecule is Cc1cnc(C(=O)Nc2ccc(C(=O)NC3CC3)cc2)cn1. The van der Waals surface area contributed by atoms with Crippen molar-refractivity contribution in [2.24, 2.45) is 0 Å². The minimum Gasteiger partial charge on any atom is -0.349 e. The van der Waals surface area contributed by atoms with Gasteiger partial charge in [0.15, 0.2) is 0 Å². The summed E-state index contributed by atoms with van der Waals surface area (Å²) in [6.45, 7) is 1.81. The Bertz CT molecular complexity index is 691. The molecule has 0 saturated heterocycles. The Labute approximate surface area is 128 Å². The van der Waals surface area contributed by atoms with Gasteiger partial charge in [0.1, 0.15) is 5.69 Å². The van der Waals surface area contributed by atoms with Crippen LogP contribution in [0.3, 0.4) is 0 Å². The summed E-state index contributed by atoms with van der Waals surface area (Å²) in [6, 6.07) is 7.09. The van der Waals surface area contributed by atoms with Crippen LogP contribution in [0, 0.1) is 6.92 Å². The van der Waals surface area contributed by atoms with Crippen molar-refractivity contribution in [3.05, 3.63) is 53.6 Å². The molecule has 0 aliphatic heterocycles. The number of aryl methyl sites for hydroxylation is 1. The van der Waals surface area contributed by atoms with Crippen LogP contribution < -0.4 is 10.6 Å². The molecule has 1 aromatic carbocycles. The van der Waals surface area contributed by atoms with Gasteiger partial charge < -0.3 is 10.6 Å². The number of hydrogen-bond donors (Lipinski definition) is 2. The Hall–Kier alpha value is -2.76. The average Bonchev–Trinajstić information content (AvgIpc) is 3.32. The fourth-order valence-electron chi connectivity index (χ4n) is 1.91. The van der Waals surface area contributed by atoms with E-state index in [9.17, 15) is 9.59 Å². The van der Waals surface area contributed by atoms with E-state index < -0.39 is 0 Å². The second-order valence-corrected chi connectivity index (χ2v) is 5.32. The second-order valence-electron chi connectivity index (χ2n) is 5.32. The van der Waals surface area contributed by atoms with Gasteiger partial charge in [0.2, 0.25) is 0 Å². The Morgan fingerprint density at radius 3 is 2.36 bits per heavy atom. The van der Waals surface area contributed by atoms with Crippen molar-refractivity contribution in [2.75, 3.05) is 5.32 Å². The number of nitrogens with zero attached hydrogens (tertiary/aromatic N) is 2. The van der Waals surface area contributed by atoms with Gasteiger partial charge in [0, 0.05) is 23.5 Å². The molecule has 2 N–H and O–H groups in total. The number of benzene rings is 1. The predicted octanol–water partition coefficient (Wildman–Crippen LogP) is 1.93. The fraction of sp³-hybridized carbons (Fsp3) is 0.250. The van der Waals surface area contributed by atoms with E-state index in [1.54, 1.807) is 37.4 Å². The highest BCUT2D eigenvalue weighted by molar-refractivity contribution is 6.03. The van der Waals surface area contributed by atoms with Gasteiger partial charge in [0.25, 0.3) is 11.8 Å². The van der Waals surface area contributed by atoms with Crippen LogP contribution in [0.4, 0.5) is 5.69 Å². The maximum Gasteiger partial charge on any atom is 0.275 e. The molecule has 0 unspecified atom stereocenters. The molecule has 2 aromatic rings. The minimum absolute atomic E-state index is 0.0789. The number of aromatic nitrogens is 2. The van der Waals surface area contributed by atoms with Gasteiger partial charge in [-0.1, -0.05) is 0 Å². The highest BCUT2D eigenvalue weighted by Gasteiger charge is 2.23. The van der Waals surface area contributed by atoms with E-state index in [2.05, 4.69) is 20.6 Å². The van der Waals surface area contributed by atoms with E-state index in [0.717, 1.165) is 18.5 Å². The summed E-state index contributed by atoms with van der Waals surface area (Å²) < 4.78 is 0. The Kier molecular flexibility index (Phi) is 3.82. The first-order valence-electron chi connectivity index (χ1n) is 7.13. The molecular weight excluding hydrogens is 280 g/mol. The zero-order chi connectivity index (χ0) is 15.5. The largest absolute Gasteiger partial charge is 0.349 e. The molecule has 0 radical (unpaired) electrons. The molecule has 0 bridgehead atoms. The summed E-state index contributed by atoms with van der Waals surface area (Å²) in [5.41, 5.74) is 2.19. The van der Waals surface area contributed by atoms with Crippen LogP contribution in [-0.2, 0) is 0 Å². The highest BCUT2D eigenvalue weighted by Crippen LogP contribution is 2.19. The molecule has 0 atom stereocenters. The van der Waals surface area contributed by atoms with Crippen molar-refractivity contribution in [2.45, 2.75) is 25.8 Å². The predicted molar refractivity (Wildman–Crippen MR) is 81.7 cm³/mol. The van der Waals surface area contributed by atoms with Gasteiger partial charge in [-0.2, -0.15) is 0 Å². The first-order valence-corrected chi connectivity index (χ1v) is 7.13. The molecule has 1 aromatic heterocycles. The number of amides is 2. The monoisotopic (exact) mass is 296 g/mol. The number of anilines is 1. The van der Waals surface area contributed by atoms with Crippen LogP contribution in [-0.4, -0.2) is 27.8 Å². The lowest BCUT2D eigenvalue weighted by molar-refractivity contribution is 0.0950. The lowest BCUT2D eigenvalue weighted by atomic mass is 10.2. The number of nitrogens with one attached hydrogen (secondary N) is 2. The summed E-state index contributed by atoms with van der Waals surface area (Å²) in [5, 5.41) is 5.64. The lowest BCUT2D eigenvalue weighted by Gasteiger charge is -2.06. The van der Waals surface area contributed by atoms with E-state index in [4.69, 9.17) is 0 Å². The summed E-state index contributed by atoms with van der Waals surface area (Å²) in [4.78, 5) is 31.9. The molecule has 2 amide bonds. The van der Waals surface area contributed by atoms with E-state index in [0.29, 0.717) is 17.3 Å². The second kappa shape index (κ2) is 5.93. The molecular formula is C16H16N4O2. The molecule has 1 aliphatic rings. The van der Waals surface area contributed by atoms with Crippen LogP contribution >= 0.6 is 0 Å². The molecule has 1 fully saturated rings. The number of carbonyl (C=O) groups excluding carboxylic acids is 2. The number of carbonyl (C=O) groups is 2. The third-order valence-corrected chi connectivity index (χ3v) is 3.33. The van der Waals surface area contributed by atoms with Gasteiger partial charge >= 0.3 is 0 Å². The van der Waals surface area contributed by atoms with Crippen molar-refractivity contribution in [3.63, 3.8) is 0 Å². The maximum atomic E-state index is 12.0. The van der Waals surface area contributed by atoms with Gasteiger partial charge in [0.05, 0.1) is 11.9 Å². The molecule has 0 spiro atoms. The van der Waals surface area contributed by atoms with E-state index in [1.165, 1.54) is 6.20 Å². The fourth-order valence-corrected chi connectivity index (χ4v) is 1.91. The molecule has 6 heteroatoms. The van der Waals surface area contributed by atoms with Crippen molar-refractivity contribution in [1.82, 2.24) is 15.3 Å². The zero-order valence-electron chi connectivity index (χ0n) is 12.2. The third-order valence-electron chi connectivity index (χ3n) is 3.33. The van der Waals surface area contributed by atoms with Crippen molar-refractivity contribution >= 4 is 17.5 Å². The standard InChI is InChI=1S/C16H16N4O2/c1-10-8-18-14(9-17-10)16(22)20-12-4-2-11(3-5-12)15(21)19-13-6-7-13/h2-5,8-9,13H,6-7H2,1H3,(H,19,21)(H,20,22). The summed E-state index contributed by atoms with van der Waals surface area (Å²) in [7, 11) is 0. The smallest absolute Gasteiger partial charge is 0.275 e. The van der Waals surface area contributed by atoms with Crippen molar-refractivity contribution < 1.29 is 9.59 Å².